The van der Waals surface area contributed by atoms with Crippen molar-refractivity contribution < 1.29 is 4.74 Å². The third-order valence-corrected chi connectivity index (χ3v) is 3.95. The minimum Gasteiger partial charge on any atom is -0.383 e. The molecule has 1 fully saturated rings. The van der Waals surface area contributed by atoms with Crippen molar-refractivity contribution in [1.29, 1.82) is 0 Å². The monoisotopic (exact) mass is 287 g/mol. The van der Waals surface area contributed by atoms with Gasteiger partial charge in [-0.2, -0.15) is 5.10 Å². The van der Waals surface area contributed by atoms with E-state index in [2.05, 4.69) is 24.6 Å². The Labute approximate surface area is 124 Å². The Morgan fingerprint density at radius 1 is 1.38 bits per heavy atom. The van der Waals surface area contributed by atoms with Crippen LogP contribution >= 0.6 is 0 Å². The normalized spacial score (nSPS) is 18.9. The van der Waals surface area contributed by atoms with E-state index in [1.807, 2.05) is 24.5 Å². The van der Waals surface area contributed by atoms with E-state index >= 15 is 0 Å². The molecular weight excluding hydrogens is 266 g/mol. The van der Waals surface area contributed by atoms with Crippen LogP contribution in [0.5, 0.6) is 0 Å². The summed E-state index contributed by atoms with van der Waals surface area (Å²) in [7, 11) is 1.73. The lowest BCUT2D eigenvalue weighted by Crippen LogP contribution is -2.36. The van der Waals surface area contributed by atoms with Crippen molar-refractivity contribution in [2.45, 2.75) is 25.3 Å². The molecule has 2 aromatic rings. The van der Waals surface area contributed by atoms with Gasteiger partial charge in [0.15, 0.2) is 5.82 Å². The number of nitrogens with zero attached hydrogens (tertiary/aromatic N) is 5. The summed E-state index contributed by atoms with van der Waals surface area (Å²) >= 11 is 0. The number of rotatable bonds is 5. The smallest absolute Gasteiger partial charge is 0.151 e. The zero-order chi connectivity index (χ0) is 14.5. The number of imidazole rings is 1. The molecule has 21 heavy (non-hydrogen) atoms. The minimum atomic E-state index is 0.438. The van der Waals surface area contributed by atoms with Crippen LogP contribution in [-0.4, -0.2) is 46.6 Å². The topological polar surface area (TPSA) is 56.1 Å². The summed E-state index contributed by atoms with van der Waals surface area (Å²) in [5.74, 6) is 2.55. The summed E-state index contributed by atoms with van der Waals surface area (Å²) in [4.78, 5) is 6.87. The molecular formula is C15H21N5O. The lowest BCUT2D eigenvalue weighted by atomic mass is 9.97. The molecule has 6 heteroatoms. The van der Waals surface area contributed by atoms with Gasteiger partial charge in [-0.05, 0) is 25.0 Å². The average Bonchev–Trinajstić information content (AvgIpc) is 3.02. The molecule has 3 rings (SSSR count). The summed E-state index contributed by atoms with van der Waals surface area (Å²) in [6.45, 7) is 3.55. The van der Waals surface area contributed by atoms with Gasteiger partial charge in [0.1, 0.15) is 5.82 Å². The van der Waals surface area contributed by atoms with Gasteiger partial charge in [0.2, 0.25) is 0 Å². The van der Waals surface area contributed by atoms with E-state index in [4.69, 9.17) is 4.74 Å². The molecule has 0 saturated carbocycles. The first-order valence-corrected chi connectivity index (χ1v) is 7.41. The molecule has 6 nitrogen and oxygen atoms in total. The molecule has 1 saturated heterocycles. The maximum absolute atomic E-state index is 5.17. The Kier molecular flexibility index (Phi) is 4.45. The maximum Gasteiger partial charge on any atom is 0.151 e. The number of hydrogen-bond donors (Lipinski definition) is 0. The molecule has 1 atom stereocenters. The van der Waals surface area contributed by atoms with E-state index in [9.17, 15) is 0 Å². The molecule has 2 aromatic heterocycles. The van der Waals surface area contributed by atoms with E-state index in [0.29, 0.717) is 12.5 Å². The number of piperidine rings is 1. The first-order chi connectivity index (χ1) is 10.4. The van der Waals surface area contributed by atoms with Crippen LogP contribution in [0.4, 0.5) is 5.82 Å². The Balaban J connectivity index is 1.73. The fraction of sp³-hybridized carbons (Fsp3) is 0.533. The fourth-order valence-corrected chi connectivity index (χ4v) is 2.92. The van der Waals surface area contributed by atoms with Crippen molar-refractivity contribution in [3.05, 3.63) is 36.5 Å². The van der Waals surface area contributed by atoms with Gasteiger partial charge in [0.05, 0.1) is 6.61 Å². The molecule has 0 N–H and O–H groups in total. The number of ether oxygens (including phenoxy) is 1. The van der Waals surface area contributed by atoms with Gasteiger partial charge in [-0.1, -0.05) is 0 Å². The van der Waals surface area contributed by atoms with Gasteiger partial charge < -0.3 is 14.2 Å². The van der Waals surface area contributed by atoms with Crippen molar-refractivity contribution in [1.82, 2.24) is 19.7 Å². The van der Waals surface area contributed by atoms with Gasteiger partial charge in [-0.3, -0.25) is 0 Å². The SMILES string of the molecule is COCCn1ccnc1[C@H]1CCCN(c2cccnn2)C1. The third kappa shape index (κ3) is 3.21. The predicted octanol–water partition coefficient (Wildman–Crippen LogP) is 1.70. The zero-order valence-corrected chi connectivity index (χ0v) is 12.4. The molecule has 0 aliphatic carbocycles. The maximum atomic E-state index is 5.17. The van der Waals surface area contributed by atoms with Crippen molar-refractivity contribution in [2.75, 3.05) is 31.7 Å². The molecule has 0 radical (unpaired) electrons. The van der Waals surface area contributed by atoms with Crippen LogP contribution in [0.15, 0.2) is 30.7 Å². The highest BCUT2D eigenvalue weighted by Gasteiger charge is 2.25. The third-order valence-electron chi connectivity index (χ3n) is 3.95. The zero-order valence-electron chi connectivity index (χ0n) is 12.4. The first kappa shape index (κ1) is 14.0. The predicted molar refractivity (Wildman–Crippen MR) is 80.3 cm³/mol. The summed E-state index contributed by atoms with van der Waals surface area (Å²) in [5, 5.41) is 8.20. The molecule has 112 valence electrons. The Hall–Kier alpha value is -1.95. The lowest BCUT2D eigenvalue weighted by Gasteiger charge is -2.33. The van der Waals surface area contributed by atoms with Gasteiger partial charge in [-0.25, -0.2) is 4.98 Å². The van der Waals surface area contributed by atoms with Crippen LogP contribution in [-0.2, 0) is 11.3 Å². The first-order valence-electron chi connectivity index (χ1n) is 7.41. The van der Waals surface area contributed by atoms with Crippen LogP contribution in [0.25, 0.3) is 0 Å². The Bertz CT molecular complexity index is 556. The average molecular weight is 287 g/mol. The summed E-state index contributed by atoms with van der Waals surface area (Å²) in [5.41, 5.74) is 0. The van der Waals surface area contributed by atoms with E-state index < -0.39 is 0 Å². The second-order valence-corrected chi connectivity index (χ2v) is 5.34. The standard InChI is InChI=1S/C15H21N5O/c1-21-11-10-19-9-7-16-15(19)13-4-3-8-20(12-13)14-5-2-6-17-18-14/h2,5-7,9,13H,3-4,8,10-12H2,1H3/t13-/m0/s1. The van der Waals surface area contributed by atoms with Crippen LogP contribution in [0.2, 0.25) is 0 Å². The molecule has 0 aromatic carbocycles. The van der Waals surface area contributed by atoms with E-state index in [-0.39, 0.29) is 0 Å². The highest BCUT2D eigenvalue weighted by molar-refractivity contribution is 5.37. The number of aromatic nitrogens is 4. The molecule has 1 aliphatic heterocycles. The van der Waals surface area contributed by atoms with Crippen molar-refractivity contribution in [3.8, 4) is 0 Å². The van der Waals surface area contributed by atoms with Crippen LogP contribution in [0.3, 0.4) is 0 Å². The highest BCUT2D eigenvalue weighted by atomic mass is 16.5. The van der Waals surface area contributed by atoms with Crippen molar-refractivity contribution >= 4 is 5.82 Å². The van der Waals surface area contributed by atoms with Gasteiger partial charge >= 0.3 is 0 Å². The van der Waals surface area contributed by atoms with Gasteiger partial charge in [0, 0.05) is 51.3 Å². The minimum absolute atomic E-state index is 0.438. The molecule has 3 heterocycles. The fourth-order valence-electron chi connectivity index (χ4n) is 2.92. The molecule has 0 amide bonds. The van der Waals surface area contributed by atoms with E-state index in [1.165, 1.54) is 6.42 Å². The molecule has 0 spiro atoms. The second kappa shape index (κ2) is 6.67. The van der Waals surface area contributed by atoms with Gasteiger partial charge in [0.25, 0.3) is 0 Å². The van der Waals surface area contributed by atoms with Crippen LogP contribution in [0.1, 0.15) is 24.6 Å². The highest BCUT2D eigenvalue weighted by Crippen LogP contribution is 2.28. The Morgan fingerprint density at radius 3 is 3.14 bits per heavy atom. The molecule has 1 aliphatic rings. The number of methoxy groups -OCH3 is 1. The number of anilines is 1. The quantitative estimate of drug-likeness (QED) is 0.838. The Morgan fingerprint density at radius 2 is 2.33 bits per heavy atom. The van der Waals surface area contributed by atoms with E-state index in [0.717, 1.165) is 37.7 Å². The number of hydrogen-bond acceptors (Lipinski definition) is 5. The van der Waals surface area contributed by atoms with Crippen LogP contribution in [0, 0.1) is 0 Å². The summed E-state index contributed by atoms with van der Waals surface area (Å²) in [6.07, 6.45) is 7.95. The van der Waals surface area contributed by atoms with E-state index in [1.54, 1.807) is 13.3 Å². The lowest BCUT2D eigenvalue weighted by molar-refractivity contribution is 0.185. The largest absolute Gasteiger partial charge is 0.383 e. The second-order valence-electron chi connectivity index (χ2n) is 5.34. The van der Waals surface area contributed by atoms with Crippen molar-refractivity contribution in [3.63, 3.8) is 0 Å². The van der Waals surface area contributed by atoms with Crippen molar-refractivity contribution in [2.24, 2.45) is 0 Å². The molecule has 0 unspecified atom stereocenters. The summed E-state index contributed by atoms with van der Waals surface area (Å²) in [6, 6.07) is 3.96. The summed E-state index contributed by atoms with van der Waals surface area (Å²) < 4.78 is 7.37. The van der Waals surface area contributed by atoms with Gasteiger partial charge in [-0.15, -0.1) is 5.10 Å². The molecule has 0 bridgehead atoms. The van der Waals surface area contributed by atoms with Crippen LogP contribution < -0.4 is 4.90 Å².